The summed E-state index contributed by atoms with van der Waals surface area (Å²) in [5, 5.41) is 1.20. The quantitative estimate of drug-likeness (QED) is 0.557. The maximum atomic E-state index is 4.18. The van der Waals surface area contributed by atoms with Crippen molar-refractivity contribution in [2.45, 2.75) is 13.8 Å². The highest BCUT2D eigenvalue weighted by molar-refractivity contribution is 5.77. The molecule has 0 fully saturated rings. The Kier molecular flexibility index (Phi) is 5.61. The minimum absolute atomic E-state index is 0. The maximum absolute atomic E-state index is 4.18. The fourth-order valence-electron chi connectivity index (χ4n) is 1.02. The topological polar surface area (TPSA) is 12.9 Å². The van der Waals surface area contributed by atoms with Crippen LogP contribution in [0.3, 0.4) is 0 Å². The summed E-state index contributed by atoms with van der Waals surface area (Å²) in [7, 11) is 0. The number of hydrogen-bond acceptors (Lipinski definition) is 1. The smallest absolute Gasteiger partial charge is 0.0701 e. The normalized spacial score (nSPS) is 8.15. The maximum Gasteiger partial charge on any atom is 0.0701 e. The second-order valence-electron chi connectivity index (χ2n) is 2.20. The number of nitrogens with zero attached hydrogens (tertiary/aromatic N) is 1. The molecule has 13 heavy (non-hydrogen) atoms. The first-order chi connectivity index (χ1) is 5.97. The average molecular weight is 173 g/mol. The summed E-state index contributed by atoms with van der Waals surface area (Å²) >= 11 is 0. The van der Waals surface area contributed by atoms with E-state index in [0.29, 0.717) is 0 Å². The monoisotopic (exact) mass is 173 g/mol. The van der Waals surface area contributed by atoms with Crippen LogP contribution in [-0.2, 0) is 0 Å². The van der Waals surface area contributed by atoms with Gasteiger partial charge < -0.3 is 0 Å². The van der Waals surface area contributed by atoms with Crippen molar-refractivity contribution in [3.8, 4) is 0 Å². The summed E-state index contributed by atoms with van der Waals surface area (Å²) in [6.45, 7) is 4.00. The SMILES string of the molecule is CC.[2HH].[B].c1ccc2ncccc2c1. The van der Waals surface area contributed by atoms with Gasteiger partial charge in [0.2, 0.25) is 0 Å². The van der Waals surface area contributed by atoms with Gasteiger partial charge in [0.25, 0.3) is 0 Å². The number of fused-ring (bicyclic) bond motifs is 1. The second-order valence-corrected chi connectivity index (χ2v) is 2.20. The Hall–Kier alpha value is -1.31. The molecule has 0 unspecified atom stereocenters. The molecule has 0 saturated heterocycles. The Labute approximate surface area is 82.9 Å². The van der Waals surface area contributed by atoms with Gasteiger partial charge in [0.15, 0.2) is 0 Å². The minimum atomic E-state index is 0. The van der Waals surface area contributed by atoms with E-state index >= 15 is 0 Å². The molecular formula is C11H15BN. The molecule has 0 amide bonds. The molecule has 0 aliphatic heterocycles. The van der Waals surface area contributed by atoms with Crippen LogP contribution in [0, 0.1) is 0 Å². The number of hydrogen-bond donors (Lipinski definition) is 0. The molecule has 0 atom stereocenters. The molecule has 3 radical (unpaired) electrons. The zero-order chi connectivity index (χ0) is 8.81. The van der Waals surface area contributed by atoms with E-state index in [1.807, 2.05) is 44.3 Å². The zero-order valence-electron chi connectivity index (χ0n) is 8.07. The van der Waals surface area contributed by atoms with Gasteiger partial charge in [-0.3, -0.25) is 4.98 Å². The molecule has 1 aromatic carbocycles. The molecule has 67 valence electrons. The van der Waals surface area contributed by atoms with Crippen molar-refractivity contribution < 1.29 is 1.43 Å². The van der Waals surface area contributed by atoms with Crippen LogP contribution >= 0.6 is 0 Å². The molecule has 2 aromatic rings. The van der Waals surface area contributed by atoms with Crippen LogP contribution in [0.4, 0.5) is 0 Å². The Morgan fingerprint density at radius 2 is 1.62 bits per heavy atom. The first kappa shape index (κ1) is 11.7. The number of rotatable bonds is 0. The first-order valence-electron chi connectivity index (χ1n) is 4.26. The van der Waals surface area contributed by atoms with Crippen molar-refractivity contribution >= 4 is 19.3 Å². The Morgan fingerprint density at radius 1 is 1.00 bits per heavy atom. The molecule has 0 N–H and O–H groups in total. The highest BCUT2D eigenvalue weighted by atomic mass is 14.6. The van der Waals surface area contributed by atoms with E-state index < -0.39 is 0 Å². The van der Waals surface area contributed by atoms with Crippen LogP contribution in [0.2, 0.25) is 0 Å². The largest absolute Gasteiger partial charge is 0.256 e. The molecule has 0 bridgehead atoms. The van der Waals surface area contributed by atoms with Crippen molar-refractivity contribution in [1.82, 2.24) is 4.98 Å². The van der Waals surface area contributed by atoms with E-state index in [0.717, 1.165) is 5.52 Å². The van der Waals surface area contributed by atoms with Crippen molar-refractivity contribution in [3.05, 3.63) is 42.6 Å². The molecule has 2 rings (SSSR count). The van der Waals surface area contributed by atoms with Gasteiger partial charge in [0.1, 0.15) is 0 Å². The van der Waals surface area contributed by atoms with Gasteiger partial charge in [0, 0.05) is 21.4 Å². The van der Waals surface area contributed by atoms with Crippen molar-refractivity contribution in [2.75, 3.05) is 0 Å². The molecule has 0 spiro atoms. The molecule has 2 heteroatoms. The molecule has 1 heterocycles. The highest BCUT2D eigenvalue weighted by Crippen LogP contribution is 2.07. The molecule has 0 aliphatic carbocycles. The first-order valence-corrected chi connectivity index (χ1v) is 4.26. The lowest BCUT2D eigenvalue weighted by atomic mass is 10.2. The van der Waals surface area contributed by atoms with Crippen LogP contribution in [0.5, 0.6) is 0 Å². The molecule has 1 nitrogen and oxygen atoms in total. The van der Waals surface area contributed by atoms with Gasteiger partial charge in [-0.1, -0.05) is 38.1 Å². The molecule has 1 aromatic heterocycles. The van der Waals surface area contributed by atoms with Crippen LogP contribution < -0.4 is 0 Å². The number of para-hydroxylation sites is 1. The van der Waals surface area contributed by atoms with Gasteiger partial charge in [-0.15, -0.1) is 0 Å². The van der Waals surface area contributed by atoms with Gasteiger partial charge in [-0.25, -0.2) is 0 Å². The van der Waals surface area contributed by atoms with E-state index in [4.69, 9.17) is 0 Å². The van der Waals surface area contributed by atoms with E-state index in [2.05, 4.69) is 17.1 Å². The summed E-state index contributed by atoms with van der Waals surface area (Å²) in [5.41, 5.74) is 1.06. The molecular weight excluding hydrogens is 157 g/mol. The third-order valence-electron chi connectivity index (χ3n) is 1.51. The van der Waals surface area contributed by atoms with Crippen molar-refractivity contribution in [2.24, 2.45) is 0 Å². The summed E-state index contributed by atoms with van der Waals surface area (Å²) in [5.74, 6) is 0. The lowest BCUT2D eigenvalue weighted by Gasteiger charge is -1.91. The standard InChI is InChI=1S/C9H7N.C2H6.B.H2/c1-2-6-9-8(4-1)5-3-7-10-9;1-2;;/h1-7H;1-2H3;;1H/i;;;1+1. The number of benzene rings is 1. The van der Waals surface area contributed by atoms with Crippen LogP contribution in [0.15, 0.2) is 42.6 Å². The minimum Gasteiger partial charge on any atom is -0.256 e. The van der Waals surface area contributed by atoms with Crippen LogP contribution in [0.1, 0.15) is 15.3 Å². The highest BCUT2D eigenvalue weighted by Gasteiger charge is 1.86. The van der Waals surface area contributed by atoms with Crippen molar-refractivity contribution in [3.63, 3.8) is 0 Å². The third-order valence-corrected chi connectivity index (χ3v) is 1.51. The molecule has 0 saturated carbocycles. The van der Waals surface area contributed by atoms with E-state index in [9.17, 15) is 0 Å². The summed E-state index contributed by atoms with van der Waals surface area (Å²) in [6, 6.07) is 12.1. The fraction of sp³-hybridized carbons (Fsp3) is 0.182. The molecule has 0 aliphatic rings. The summed E-state index contributed by atoms with van der Waals surface area (Å²) < 4.78 is 0. The lowest BCUT2D eigenvalue weighted by Crippen LogP contribution is -1.73. The van der Waals surface area contributed by atoms with Gasteiger partial charge in [0.05, 0.1) is 5.52 Å². The average Bonchev–Trinajstić information content (AvgIpc) is 2.21. The van der Waals surface area contributed by atoms with Gasteiger partial charge >= 0.3 is 0 Å². The number of pyridine rings is 1. The summed E-state index contributed by atoms with van der Waals surface area (Å²) in [6.07, 6.45) is 1.81. The predicted octanol–water partition coefficient (Wildman–Crippen LogP) is 3.13. The van der Waals surface area contributed by atoms with Gasteiger partial charge in [-0.05, 0) is 12.1 Å². The zero-order valence-corrected chi connectivity index (χ0v) is 8.07. The fourth-order valence-corrected chi connectivity index (χ4v) is 1.02. The third kappa shape index (κ3) is 2.90. The van der Waals surface area contributed by atoms with E-state index in [-0.39, 0.29) is 9.84 Å². The second kappa shape index (κ2) is 6.24. The lowest BCUT2D eigenvalue weighted by molar-refractivity contribution is 1.41. The Morgan fingerprint density at radius 3 is 2.31 bits per heavy atom. The Bertz CT molecular complexity index is 286. The van der Waals surface area contributed by atoms with Crippen LogP contribution in [-0.4, -0.2) is 13.4 Å². The number of aromatic nitrogens is 1. The van der Waals surface area contributed by atoms with E-state index in [1.54, 1.807) is 0 Å². The van der Waals surface area contributed by atoms with Crippen molar-refractivity contribution in [1.29, 1.82) is 0 Å². The van der Waals surface area contributed by atoms with E-state index in [1.165, 1.54) is 5.39 Å². The van der Waals surface area contributed by atoms with Crippen LogP contribution in [0.25, 0.3) is 10.9 Å². The Balaban J connectivity index is 0. The van der Waals surface area contributed by atoms with Gasteiger partial charge in [-0.2, -0.15) is 0 Å². The predicted molar refractivity (Wildman–Crippen MR) is 61.0 cm³/mol. The summed E-state index contributed by atoms with van der Waals surface area (Å²) in [4.78, 5) is 4.18.